The summed E-state index contributed by atoms with van der Waals surface area (Å²) in [5.41, 5.74) is 1.74. The molecule has 8 nitrogen and oxygen atoms in total. The molecule has 0 unspecified atom stereocenters. The van der Waals surface area contributed by atoms with Crippen LogP contribution >= 0.6 is 23.2 Å². The van der Waals surface area contributed by atoms with Crippen LogP contribution in [0, 0.1) is 0 Å². The highest BCUT2D eigenvalue weighted by Gasteiger charge is 2.34. The molecule has 0 saturated carbocycles. The monoisotopic (exact) mass is 471 g/mol. The van der Waals surface area contributed by atoms with Gasteiger partial charge in [-0.2, -0.15) is 4.98 Å². The third-order valence-corrected chi connectivity index (χ3v) is 5.63. The number of benzene rings is 2. The Balaban J connectivity index is 1.62. The molecule has 2 aromatic carbocycles. The van der Waals surface area contributed by atoms with Gasteiger partial charge >= 0.3 is 0 Å². The summed E-state index contributed by atoms with van der Waals surface area (Å²) in [6.45, 7) is 2.04. The molecule has 0 spiro atoms. The van der Waals surface area contributed by atoms with E-state index in [1.165, 1.54) is 6.07 Å². The summed E-state index contributed by atoms with van der Waals surface area (Å²) in [6.07, 6.45) is 0.718. The lowest BCUT2D eigenvalue weighted by Gasteiger charge is -2.23. The average Bonchev–Trinajstić information content (AvgIpc) is 2.75. The van der Waals surface area contributed by atoms with E-state index in [9.17, 15) is 14.4 Å². The van der Waals surface area contributed by atoms with Crippen LogP contribution in [0.25, 0.3) is 0 Å². The molecule has 164 valence electrons. The first-order valence-corrected chi connectivity index (χ1v) is 10.7. The van der Waals surface area contributed by atoms with E-state index in [4.69, 9.17) is 23.2 Å². The summed E-state index contributed by atoms with van der Waals surface area (Å²) in [5, 5.41) is 9.02. The number of aromatic amines is 1. The number of aryl methyl sites for hydroxylation is 1. The van der Waals surface area contributed by atoms with Crippen LogP contribution in [0.3, 0.4) is 0 Å². The van der Waals surface area contributed by atoms with Crippen LogP contribution < -0.4 is 21.5 Å². The van der Waals surface area contributed by atoms with Gasteiger partial charge in [-0.25, -0.2) is 0 Å². The first-order valence-electron chi connectivity index (χ1n) is 9.90. The smallest absolute Gasteiger partial charge is 0.258 e. The minimum Gasteiger partial charge on any atom is -0.326 e. The molecule has 0 fully saturated rings. The Bertz CT molecular complexity index is 1260. The van der Waals surface area contributed by atoms with E-state index in [-0.39, 0.29) is 23.8 Å². The third-order valence-electron chi connectivity index (χ3n) is 5.08. The van der Waals surface area contributed by atoms with E-state index in [2.05, 4.69) is 25.9 Å². The van der Waals surface area contributed by atoms with Gasteiger partial charge < -0.3 is 16.0 Å². The van der Waals surface area contributed by atoms with Gasteiger partial charge in [-0.3, -0.25) is 19.4 Å². The van der Waals surface area contributed by atoms with Crippen molar-refractivity contribution >= 4 is 58.2 Å². The first kappa shape index (κ1) is 21.9. The Hall–Kier alpha value is -3.36. The van der Waals surface area contributed by atoms with Crippen LogP contribution in [-0.4, -0.2) is 21.8 Å². The number of rotatable bonds is 5. The quantitative estimate of drug-likeness (QED) is 0.438. The molecule has 0 radical (unpaired) electrons. The van der Waals surface area contributed by atoms with Crippen molar-refractivity contribution in [3.05, 3.63) is 74.0 Å². The van der Waals surface area contributed by atoms with Gasteiger partial charge in [-0.15, -0.1) is 0 Å². The van der Waals surface area contributed by atoms with Gasteiger partial charge in [0.25, 0.3) is 5.56 Å². The number of H-pyrrole nitrogens is 1. The number of hydrogen-bond acceptors (Lipinski definition) is 5. The number of amides is 2. The molecule has 3 aromatic rings. The molecule has 0 aliphatic carbocycles. The molecule has 1 aliphatic rings. The van der Waals surface area contributed by atoms with Crippen LogP contribution in [0.2, 0.25) is 10.0 Å². The van der Waals surface area contributed by atoms with E-state index in [1.54, 1.807) is 24.3 Å². The maximum atomic E-state index is 12.9. The van der Waals surface area contributed by atoms with Gasteiger partial charge in [0.05, 0.1) is 22.2 Å². The summed E-state index contributed by atoms with van der Waals surface area (Å²) in [4.78, 5) is 44.9. The minimum absolute atomic E-state index is 0.0269. The van der Waals surface area contributed by atoms with Crippen molar-refractivity contribution < 1.29 is 9.59 Å². The van der Waals surface area contributed by atoms with Gasteiger partial charge in [0.2, 0.25) is 17.8 Å². The Morgan fingerprint density at radius 1 is 1.16 bits per heavy atom. The van der Waals surface area contributed by atoms with Crippen molar-refractivity contribution in [1.29, 1.82) is 0 Å². The fourth-order valence-corrected chi connectivity index (χ4v) is 3.88. The molecule has 0 saturated heterocycles. The normalized spacial score (nSPS) is 15.0. The van der Waals surface area contributed by atoms with Crippen molar-refractivity contribution in [2.24, 2.45) is 0 Å². The number of aromatic nitrogens is 2. The SMILES string of the molecule is CCc1ccc(NC(=O)[C@H]2CC(=O)Nc3nc(Nc4ccc(Cl)cc4Cl)[nH]c(=O)c32)cc1. The molecular formula is C22H19Cl2N5O3. The average molecular weight is 472 g/mol. The maximum Gasteiger partial charge on any atom is 0.258 e. The maximum absolute atomic E-state index is 12.9. The minimum atomic E-state index is -0.978. The number of hydrogen-bond donors (Lipinski definition) is 4. The van der Waals surface area contributed by atoms with Crippen molar-refractivity contribution in [1.82, 2.24) is 9.97 Å². The number of anilines is 4. The predicted molar refractivity (Wildman–Crippen MR) is 125 cm³/mol. The molecule has 32 heavy (non-hydrogen) atoms. The number of nitrogens with zero attached hydrogens (tertiary/aromatic N) is 1. The fraction of sp³-hybridized carbons (Fsp3) is 0.182. The molecule has 10 heteroatoms. The van der Waals surface area contributed by atoms with Crippen molar-refractivity contribution in [3.63, 3.8) is 0 Å². The zero-order chi connectivity index (χ0) is 22.8. The van der Waals surface area contributed by atoms with Crippen molar-refractivity contribution in [2.75, 3.05) is 16.0 Å². The Morgan fingerprint density at radius 3 is 2.59 bits per heavy atom. The Labute approximate surface area is 193 Å². The van der Waals surface area contributed by atoms with Crippen LogP contribution in [0.15, 0.2) is 47.3 Å². The fourth-order valence-electron chi connectivity index (χ4n) is 3.43. The van der Waals surface area contributed by atoms with Crippen LogP contribution in [0.4, 0.5) is 23.1 Å². The van der Waals surface area contributed by atoms with Crippen molar-refractivity contribution in [3.8, 4) is 0 Å². The number of carbonyl (C=O) groups excluding carboxylic acids is 2. The lowest BCUT2D eigenvalue weighted by molar-refractivity contribution is -0.123. The second kappa shape index (κ2) is 9.02. The van der Waals surface area contributed by atoms with Gasteiger partial charge in [0.15, 0.2) is 0 Å². The molecule has 4 rings (SSSR count). The standard InChI is InChI=1S/C22H19Cl2N5O3/c1-2-11-3-6-13(7-4-11)25-20(31)14-10-17(30)27-19-18(14)21(32)29-22(28-19)26-16-8-5-12(23)9-15(16)24/h3-9,14H,2,10H2,1H3,(H,25,31)(H3,26,27,28,29,30,32)/t14-/m0/s1. The Morgan fingerprint density at radius 2 is 1.91 bits per heavy atom. The first-order chi connectivity index (χ1) is 15.3. The van der Waals surface area contributed by atoms with Gasteiger partial charge in [0, 0.05) is 17.1 Å². The van der Waals surface area contributed by atoms with E-state index in [0.29, 0.717) is 21.4 Å². The van der Waals surface area contributed by atoms with E-state index < -0.39 is 23.3 Å². The van der Waals surface area contributed by atoms with E-state index >= 15 is 0 Å². The van der Waals surface area contributed by atoms with Crippen LogP contribution in [-0.2, 0) is 16.0 Å². The lowest BCUT2D eigenvalue weighted by Crippen LogP contribution is -2.36. The topological polar surface area (TPSA) is 116 Å². The molecule has 1 aromatic heterocycles. The highest BCUT2D eigenvalue weighted by molar-refractivity contribution is 6.36. The highest BCUT2D eigenvalue weighted by Crippen LogP contribution is 2.31. The number of fused-ring (bicyclic) bond motifs is 1. The highest BCUT2D eigenvalue weighted by atomic mass is 35.5. The molecule has 1 atom stereocenters. The largest absolute Gasteiger partial charge is 0.326 e. The van der Waals surface area contributed by atoms with Gasteiger partial charge in [-0.1, -0.05) is 42.3 Å². The number of carbonyl (C=O) groups is 2. The molecule has 0 bridgehead atoms. The second-order valence-corrected chi connectivity index (χ2v) is 8.11. The summed E-state index contributed by atoms with van der Waals surface area (Å²) in [7, 11) is 0. The molecule has 4 N–H and O–H groups in total. The summed E-state index contributed by atoms with van der Waals surface area (Å²) >= 11 is 12.1. The number of halogens is 2. The second-order valence-electron chi connectivity index (χ2n) is 7.27. The molecular weight excluding hydrogens is 453 g/mol. The van der Waals surface area contributed by atoms with Gasteiger partial charge in [-0.05, 0) is 42.3 Å². The molecule has 2 heterocycles. The molecule has 1 aliphatic heterocycles. The summed E-state index contributed by atoms with van der Waals surface area (Å²) < 4.78 is 0. The zero-order valence-corrected chi connectivity index (χ0v) is 18.5. The Kier molecular flexibility index (Phi) is 6.16. The number of nitrogens with one attached hydrogen (secondary N) is 4. The van der Waals surface area contributed by atoms with Gasteiger partial charge in [0.1, 0.15) is 5.82 Å². The molecule has 2 amide bonds. The van der Waals surface area contributed by atoms with E-state index in [0.717, 1.165) is 12.0 Å². The van der Waals surface area contributed by atoms with Crippen LogP contribution in [0.5, 0.6) is 0 Å². The van der Waals surface area contributed by atoms with Crippen LogP contribution in [0.1, 0.15) is 30.4 Å². The predicted octanol–water partition coefficient (Wildman–Crippen LogP) is 4.45. The third kappa shape index (κ3) is 4.61. The lowest BCUT2D eigenvalue weighted by atomic mass is 9.92. The van der Waals surface area contributed by atoms with E-state index in [1.807, 2.05) is 19.1 Å². The summed E-state index contributed by atoms with van der Waals surface area (Å²) in [5.74, 6) is -1.76. The summed E-state index contributed by atoms with van der Waals surface area (Å²) in [6, 6.07) is 12.2. The zero-order valence-electron chi connectivity index (χ0n) is 17.0. The van der Waals surface area contributed by atoms with Crippen molar-refractivity contribution in [2.45, 2.75) is 25.7 Å².